The summed E-state index contributed by atoms with van der Waals surface area (Å²) in [6.45, 7) is -0.0531. The lowest BCUT2D eigenvalue weighted by Crippen LogP contribution is -2.38. The fourth-order valence-corrected chi connectivity index (χ4v) is 1.88. The molecule has 0 heterocycles. The molecular formula is C13H17NO2. The van der Waals surface area contributed by atoms with E-state index in [1.165, 1.54) is 0 Å². The van der Waals surface area contributed by atoms with Crippen LogP contribution in [-0.4, -0.2) is 17.6 Å². The Kier molecular flexibility index (Phi) is 3.57. The topological polar surface area (TPSA) is 49.3 Å². The molecule has 3 heteroatoms. The van der Waals surface area contributed by atoms with E-state index in [9.17, 15) is 9.90 Å². The van der Waals surface area contributed by atoms with Crippen LogP contribution in [0.1, 0.15) is 30.9 Å². The molecular weight excluding hydrogens is 202 g/mol. The van der Waals surface area contributed by atoms with Crippen LogP contribution >= 0.6 is 0 Å². The largest absolute Gasteiger partial charge is 0.394 e. The Morgan fingerprint density at radius 3 is 2.56 bits per heavy atom. The minimum absolute atomic E-state index is 0.0531. The molecule has 1 aromatic carbocycles. The van der Waals surface area contributed by atoms with Crippen LogP contribution in [-0.2, 0) is 4.79 Å². The molecule has 1 atom stereocenters. The first kappa shape index (κ1) is 11.1. The predicted octanol–water partition coefficient (Wildman–Crippen LogP) is 1.64. The number of aliphatic hydroxyl groups excluding tert-OH is 1. The molecule has 0 aliphatic heterocycles. The molecule has 1 aromatic rings. The van der Waals surface area contributed by atoms with Crippen LogP contribution in [0.3, 0.4) is 0 Å². The lowest BCUT2D eigenvalue weighted by atomic mass is 9.84. The van der Waals surface area contributed by atoms with Crippen LogP contribution in [0.25, 0.3) is 0 Å². The highest BCUT2D eigenvalue weighted by Crippen LogP contribution is 2.27. The van der Waals surface area contributed by atoms with Crippen molar-refractivity contribution >= 4 is 5.91 Å². The normalized spacial score (nSPS) is 17.6. The van der Waals surface area contributed by atoms with Gasteiger partial charge in [0.05, 0.1) is 12.6 Å². The highest BCUT2D eigenvalue weighted by atomic mass is 16.3. The Labute approximate surface area is 95.5 Å². The molecule has 3 nitrogen and oxygen atoms in total. The average Bonchev–Trinajstić information content (AvgIpc) is 2.24. The van der Waals surface area contributed by atoms with Gasteiger partial charge in [-0.1, -0.05) is 36.8 Å². The van der Waals surface area contributed by atoms with Gasteiger partial charge in [-0.3, -0.25) is 4.79 Å². The van der Waals surface area contributed by atoms with E-state index < -0.39 is 0 Å². The zero-order valence-corrected chi connectivity index (χ0v) is 9.23. The van der Waals surface area contributed by atoms with Crippen molar-refractivity contribution in [2.24, 2.45) is 5.92 Å². The molecule has 1 aliphatic rings. The van der Waals surface area contributed by atoms with E-state index in [2.05, 4.69) is 5.32 Å². The van der Waals surface area contributed by atoms with Crippen LogP contribution in [0.5, 0.6) is 0 Å². The Hall–Kier alpha value is -1.35. The molecule has 0 saturated heterocycles. The molecule has 1 saturated carbocycles. The monoisotopic (exact) mass is 219 g/mol. The van der Waals surface area contributed by atoms with E-state index in [1.54, 1.807) is 0 Å². The molecule has 1 amide bonds. The average molecular weight is 219 g/mol. The summed E-state index contributed by atoms with van der Waals surface area (Å²) in [5.74, 6) is 0.243. The van der Waals surface area contributed by atoms with Gasteiger partial charge in [-0.15, -0.1) is 0 Å². The van der Waals surface area contributed by atoms with E-state index >= 15 is 0 Å². The van der Waals surface area contributed by atoms with E-state index in [4.69, 9.17) is 0 Å². The maximum absolute atomic E-state index is 11.7. The van der Waals surface area contributed by atoms with Gasteiger partial charge in [-0.25, -0.2) is 0 Å². The Morgan fingerprint density at radius 1 is 1.38 bits per heavy atom. The van der Waals surface area contributed by atoms with Crippen molar-refractivity contribution in [1.29, 1.82) is 0 Å². The number of amides is 1. The second-order valence-corrected chi connectivity index (χ2v) is 4.28. The zero-order valence-electron chi connectivity index (χ0n) is 9.23. The first-order chi connectivity index (χ1) is 7.81. The summed E-state index contributed by atoms with van der Waals surface area (Å²) in [5, 5.41) is 12.2. The smallest absolute Gasteiger partial charge is 0.223 e. The van der Waals surface area contributed by atoms with Gasteiger partial charge in [0.1, 0.15) is 0 Å². The lowest BCUT2D eigenvalue weighted by Gasteiger charge is -2.26. The van der Waals surface area contributed by atoms with Gasteiger partial charge < -0.3 is 10.4 Å². The van der Waals surface area contributed by atoms with Gasteiger partial charge >= 0.3 is 0 Å². The number of aliphatic hydroxyl groups is 1. The number of carbonyl (C=O) groups is 1. The van der Waals surface area contributed by atoms with E-state index in [0.29, 0.717) is 0 Å². The number of rotatable bonds is 4. The second-order valence-electron chi connectivity index (χ2n) is 4.28. The number of nitrogens with one attached hydrogen (secondary N) is 1. The summed E-state index contributed by atoms with van der Waals surface area (Å²) in [6.07, 6.45) is 3.12. The number of benzene rings is 1. The predicted molar refractivity (Wildman–Crippen MR) is 61.8 cm³/mol. The van der Waals surface area contributed by atoms with Gasteiger partial charge in [-0.2, -0.15) is 0 Å². The molecule has 2 N–H and O–H groups in total. The van der Waals surface area contributed by atoms with Gasteiger partial charge in [-0.05, 0) is 18.4 Å². The minimum atomic E-state index is -0.269. The Balaban J connectivity index is 1.97. The van der Waals surface area contributed by atoms with Gasteiger partial charge in [0.15, 0.2) is 0 Å². The third-order valence-corrected chi connectivity index (χ3v) is 3.18. The molecule has 1 aliphatic carbocycles. The number of hydrogen-bond acceptors (Lipinski definition) is 2. The van der Waals surface area contributed by atoms with Gasteiger partial charge in [0.2, 0.25) is 5.91 Å². The molecule has 2 rings (SSSR count). The number of carbonyl (C=O) groups excluding carboxylic acids is 1. The Bertz CT molecular complexity index is 346. The molecule has 0 bridgehead atoms. The standard InChI is InChI=1S/C13H17NO2/c15-9-12(10-5-2-1-3-6-10)14-13(16)11-7-4-8-11/h1-3,5-6,11-12,15H,4,7-9H2,(H,14,16). The third-order valence-electron chi connectivity index (χ3n) is 3.18. The quantitative estimate of drug-likeness (QED) is 0.808. The minimum Gasteiger partial charge on any atom is -0.394 e. The summed E-state index contributed by atoms with van der Waals surface area (Å²) in [7, 11) is 0. The van der Waals surface area contributed by atoms with Crippen LogP contribution in [0, 0.1) is 5.92 Å². The highest BCUT2D eigenvalue weighted by Gasteiger charge is 2.26. The molecule has 1 fully saturated rings. The van der Waals surface area contributed by atoms with E-state index in [-0.39, 0.29) is 24.5 Å². The van der Waals surface area contributed by atoms with Gasteiger partial charge in [0, 0.05) is 5.92 Å². The zero-order chi connectivity index (χ0) is 11.4. The first-order valence-corrected chi connectivity index (χ1v) is 5.77. The fraction of sp³-hybridized carbons (Fsp3) is 0.462. The lowest BCUT2D eigenvalue weighted by molar-refractivity contribution is -0.128. The SMILES string of the molecule is O=C(NC(CO)c1ccccc1)C1CCC1. The Morgan fingerprint density at radius 2 is 2.06 bits per heavy atom. The number of hydrogen-bond donors (Lipinski definition) is 2. The van der Waals surface area contributed by atoms with Crippen molar-refractivity contribution in [3.8, 4) is 0 Å². The van der Waals surface area contributed by atoms with Crippen molar-refractivity contribution in [2.45, 2.75) is 25.3 Å². The summed E-state index contributed by atoms with van der Waals surface area (Å²) in [6, 6.07) is 9.31. The van der Waals surface area contributed by atoms with E-state index in [0.717, 1.165) is 24.8 Å². The third kappa shape index (κ3) is 2.42. The molecule has 0 spiro atoms. The molecule has 1 unspecified atom stereocenters. The first-order valence-electron chi connectivity index (χ1n) is 5.77. The van der Waals surface area contributed by atoms with Crippen molar-refractivity contribution in [3.05, 3.63) is 35.9 Å². The maximum atomic E-state index is 11.7. The van der Waals surface area contributed by atoms with Crippen molar-refractivity contribution in [2.75, 3.05) is 6.61 Å². The second kappa shape index (κ2) is 5.12. The van der Waals surface area contributed by atoms with Crippen LogP contribution < -0.4 is 5.32 Å². The van der Waals surface area contributed by atoms with E-state index in [1.807, 2.05) is 30.3 Å². The summed E-state index contributed by atoms with van der Waals surface area (Å²) in [5.41, 5.74) is 0.956. The molecule has 0 radical (unpaired) electrons. The summed E-state index contributed by atoms with van der Waals surface area (Å²) >= 11 is 0. The van der Waals surface area contributed by atoms with Gasteiger partial charge in [0.25, 0.3) is 0 Å². The molecule has 86 valence electrons. The maximum Gasteiger partial charge on any atom is 0.223 e. The summed E-state index contributed by atoms with van der Waals surface area (Å²) in [4.78, 5) is 11.7. The van der Waals surface area contributed by atoms with Crippen LogP contribution in [0.4, 0.5) is 0 Å². The highest BCUT2D eigenvalue weighted by molar-refractivity contribution is 5.79. The van der Waals surface area contributed by atoms with Crippen LogP contribution in [0.2, 0.25) is 0 Å². The fourth-order valence-electron chi connectivity index (χ4n) is 1.88. The molecule has 16 heavy (non-hydrogen) atoms. The van der Waals surface area contributed by atoms with Crippen molar-refractivity contribution < 1.29 is 9.90 Å². The summed E-state index contributed by atoms with van der Waals surface area (Å²) < 4.78 is 0. The van der Waals surface area contributed by atoms with Crippen LogP contribution in [0.15, 0.2) is 30.3 Å². The molecule has 0 aromatic heterocycles. The van der Waals surface area contributed by atoms with Crippen molar-refractivity contribution in [3.63, 3.8) is 0 Å². The van der Waals surface area contributed by atoms with Crippen molar-refractivity contribution in [1.82, 2.24) is 5.32 Å².